The topological polar surface area (TPSA) is 66.0 Å². The van der Waals surface area contributed by atoms with E-state index in [1.165, 1.54) is 16.2 Å². The Kier molecular flexibility index (Phi) is 4.31. The number of fused-ring (bicyclic) bond motifs is 1. The average Bonchev–Trinajstić information content (AvgIpc) is 3.32. The number of anilines is 1. The van der Waals surface area contributed by atoms with Gasteiger partial charge >= 0.3 is 0 Å². The Morgan fingerprint density at radius 2 is 2.15 bits per heavy atom. The van der Waals surface area contributed by atoms with E-state index in [-0.39, 0.29) is 11.7 Å². The molecule has 4 rings (SSSR count). The van der Waals surface area contributed by atoms with Gasteiger partial charge in [-0.05, 0) is 55.5 Å². The Labute approximate surface area is 160 Å². The van der Waals surface area contributed by atoms with Gasteiger partial charge in [0.2, 0.25) is 0 Å². The van der Waals surface area contributed by atoms with Crippen LogP contribution < -0.4 is 5.32 Å². The van der Waals surface area contributed by atoms with Gasteiger partial charge in [-0.3, -0.25) is 4.79 Å². The average molecular weight is 383 g/mol. The highest BCUT2D eigenvalue weighted by Crippen LogP contribution is 2.39. The number of hydrogen-bond donors (Lipinski definition) is 1. The van der Waals surface area contributed by atoms with Crippen LogP contribution in [-0.4, -0.2) is 5.91 Å². The number of benzene rings is 1. The maximum Gasteiger partial charge on any atom is 0.292 e. The van der Waals surface area contributed by atoms with Crippen molar-refractivity contribution in [2.24, 2.45) is 0 Å². The summed E-state index contributed by atoms with van der Waals surface area (Å²) in [6.07, 6.45) is 2.96. The van der Waals surface area contributed by atoms with Gasteiger partial charge in [-0.2, -0.15) is 5.26 Å². The lowest BCUT2D eigenvalue weighted by molar-refractivity contribution is 0.0998. The lowest BCUT2D eigenvalue weighted by Gasteiger charge is -2.04. The number of nitrogens with zero attached hydrogens (tertiary/aromatic N) is 1. The molecule has 0 unspecified atom stereocenters. The van der Waals surface area contributed by atoms with Gasteiger partial charge in [-0.25, -0.2) is 0 Å². The molecule has 3 aromatic rings. The number of thiophene rings is 1. The lowest BCUT2D eigenvalue weighted by Crippen LogP contribution is -2.10. The summed E-state index contributed by atoms with van der Waals surface area (Å²) in [5, 5.41) is 13.5. The Bertz CT molecular complexity index is 1060. The van der Waals surface area contributed by atoms with Crippen LogP contribution in [0.15, 0.2) is 34.7 Å². The molecule has 0 radical (unpaired) electrons. The van der Waals surface area contributed by atoms with Gasteiger partial charge in [0.1, 0.15) is 16.8 Å². The van der Waals surface area contributed by atoms with Gasteiger partial charge < -0.3 is 9.73 Å². The first kappa shape index (κ1) is 16.9. The van der Waals surface area contributed by atoms with Crippen LogP contribution in [0, 0.1) is 18.3 Å². The molecule has 2 aromatic heterocycles. The van der Waals surface area contributed by atoms with Crippen molar-refractivity contribution in [3.05, 3.63) is 62.7 Å². The van der Waals surface area contributed by atoms with Crippen LogP contribution in [0.3, 0.4) is 0 Å². The third-order valence-corrected chi connectivity index (χ3v) is 6.24. The third-order valence-electron chi connectivity index (χ3n) is 4.62. The Balaban J connectivity index is 1.60. The molecule has 26 heavy (non-hydrogen) atoms. The molecule has 0 atom stereocenters. The molecular weight excluding hydrogens is 368 g/mol. The number of aryl methyl sites for hydroxylation is 1. The summed E-state index contributed by atoms with van der Waals surface area (Å²) in [6.45, 7) is 1.91. The number of nitriles is 1. The second kappa shape index (κ2) is 6.64. The van der Waals surface area contributed by atoms with Crippen molar-refractivity contribution < 1.29 is 9.21 Å². The zero-order valence-electron chi connectivity index (χ0n) is 14.1. The van der Waals surface area contributed by atoms with Crippen molar-refractivity contribution in [1.29, 1.82) is 5.26 Å². The van der Waals surface area contributed by atoms with Crippen LogP contribution in [0.4, 0.5) is 5.00 Å². The zero-order valence-corrected chi connectivity index (χ0v) is 15.6. The number of amides is 1. The molecule has 0 fully saturated rings. The highest BCUT2D eigenvalue weighted by atomic mass is 35.5. The van der Waals surface area contributed by atoms with Gasteiger partial charge in [0.25, 0.3) is 5.91 Å². The molecule has 6 heteroatoms. The smallest absolute Gasteiger partial charge is 0.292 e. The molecule has 1 aromatic carbocycles. The molecular formula is C20H15ClN2O2S. The maximum atomic E-state index is 12.6. The predicted octanol–water partition coefficient (Wildman–Crippen LogP) is 5.58. The lowest BCUT2D eigenvalue weighted by atomic mass is 10.1. The van der Waals surface area contributed by atoms with E-state index in [4.69, 9.17) is 16.0 Å². The fourth-order valence-corrected chi connectivity index (χ4v) is 4.66. The van der Waals surface area contributed by atoms with E-state index in [1.807, 2.05) is 25.1 Å². The van der Waals surface area contributed by atoms with Crippen LogP contribution in [-0.2, 0) is 12.8 Å². The van der Waals surface area contributed by atoms with Gasteiger partial charge in [0.15, 0.2) is 5.76 Å². The van der Waals surface area contributed by atoms with E-state index in [2.05, 4.69) is 11.4 Å². The van der Waals surface area contributed by atoms with Crippen LogP contribution >= 0.6 is 22.9 Å². The Morgan fingerprint density at radius 1 is 1.31 bits per heavy atom. The fourth-order valence-electron chi connectivity index (χ4n) is 3.25. The van der Waals surface area contributed by atoms with Crippen molar-refractivity contribution in [3.63, 3.8) is 0 Å². The van der Waals surface area contributed by atoms with Crippen molar-refractivity contribution >= 4 is 33.8 Å². The third kappa shape index (κ3) is 2.82. The summed E-state index contributed by atoms with van der Waals surface area (Å²) in [4.78, 5) is 13.8. The molecule has 0 bridgehead atoms. The molecule has 0 saturated carbocycles. The minimum Gasteiger partial charge on any atom is -0.451 e. The SMILES string of the molecule is Cc1c(Cl)cccc1-c1ccc(C(=O)Nc2sc3c(c2C#N)CCC3)o1. The minimum atomic E-state index is -0.354. The highest BCUT2D eigenvalue weighted by Gasteiger charge is 2.24. The van der Waals surface area contributed by atoms with Gasteiger partial charge in [0, 0.05) is 15.5 Å². The number of furan rings is 1. The highest BCUT2D eigenvalue weighted by molar-refractivity contribution is 7.16. The van der Waals surface area contributed by atoms with Gasteiger partial charge in [-0.1, -0.05) is 23.7 Å². The quantitative estimate of drug-likeness (QED) is 0.642. The number of nitrogens with one attached hydrogen (secondary N) is 1. The molecule has 1 N–H and O–H groups in total. The first-order chi connectivity index (χ1) is 12.6. The molecule has 4 nitrogen and oxygen atoms in total. The van der Waals surface area contributed by atoms with E-state index < -0.39 is 0 Å². The zero-order chi connectivity index (χ0) is 18.3. The van der Waals surface area contributed by atoms with Gasteiger partial charge in [-0.15, -0.1) is 11.3 Å². The van der Waals surface area contributed by atoms with Crippen molar-refractivity contribution in [2.75, 3.05) is 5.32 Å². The van der Waals surface area contributed by atoms with Crippen LogP contribution in [0.5, 0.6) is 0 Å². The Hall–Kier alpha value is -2.55. The monoisotopic (exact) mass is 382 g/mol. The normalized spacial score (nSPS) is 12.7. The second-order valence-corrected chi connectivity index (χ2v) is 7.72. The summed E-state index contributed by atoms with van der Waals surface area (Å²) in [5.41, 5.74) is 3.43. The van der Waals surface area contributed by atoms with Crippen LogP contribution in [0.2, 0.25) is 5.02 Å². The summed E-state index contributed by atoms with van der Waals surface area (Å²) < 4.78 is 5.74. The van der Waals surface area contributed by atoms with E-state index in [9.17, 15) is 10.1 Å². The number of halogens is 1. The second-order valence-electron chi connectivity index (χ2n) is 6.20. The molecule has 2 heterocycles. The first-order valence-corrected chi connectivity index (χ1v) is 9.49. The van der Waals surface area contributed by atoms with E-state index in [0.29, 0.717) is 21.3 Å². The molecule has 130 valence electrons. The van der Waals surface area contributed by atoms with Crippen molar-refractivity contribution in [3.8, 4) is 17.4 Å². The van der Waals surface area contributed by atoms with Crippen LogP contribution in [0.1, 0.15) is 38.5 Å². The van der Waals surface area contributed by atoms with E-state index >= 15 is 0 Å². The number of carbonyl (C=O) groups is 1. The van der Waals surface area contributed by atoms with Crippen molar-refractivity contribution in [2.45, 2.75) is 26.2 Å². The number of rotatable bonds is 3. The van der Waals surface area contributed by atoms with Crippen LogP contribution in [0.25, 0.3) is 11.3 Å². The largest absolute Gasteiger partial charge is 0.451 e. The molecule has 1 aliphatic rings. The molecule has 1 amide bonds. The summed E-state index contributed by atoms with van der Waals surface area (Å²) in [7, 11) is 0. The fraction of sp³-hybridized carbons (Fsp3) is 0.200. The van der Waals surface area contributed by atoms with E-state index in [0.717, 1.165) is 36.0 Å². The summed E-state index contributed by atoms with van der Waals surface area (Å²) in [6, 6.07) is 11.2. The maximum absolute atomic E-state index is 12.6. The molecule has 0 spiro atoms. The predicted molar refractivity (Wildman–Crippen MR) is 103 cm³/mol. The molecule has 0 saturated heterocycles. The first-order valence-electron chi connectivity index (χ1n) is 8.30. The minimum absolute atomic E-state index is 0.205. The number of carbonyl (C=O) groups excluding carboxylic acids is 1. The number of hydrogen-bond acceptors (Lipinski definition) is 4. The standard InChI is InChI=1S/C20H15ClN2O2S/c1-11-12(4-2-6-15(11)21)16-8-9-17(25-16)19(24)23-20-14(10-22)13-5-3-7-18(13)26-20/h2,4,6,8-9H,3,5,7H2,1H3,(H,23,24). The summed E-state index contributed by atoms with van der Waals surface area (Å²) in [5.74, 6) is 0.438. The molecule has 1 aliphatic carbocycles. The summed E-state index contributed by atoms with van der Waals surface area (Å²) >= 11 is 7.65. The van der Waals surface area contributed by atoms with E-state index in [1.54, 1.807) is 12.1 Å². The Morgan fingerprint density at radius 3 is 2.96 bits per heavy atom. The van der Waals surface area contributed by atoms with Gasteiger partial charge in [0.05, 0.1) is 5.56 Å². The molecule has 0 aliphatic heterocycles. The van der Waals surface area contributed by atoms with Crippen molar-refractivity contribution in [1.82, 2.24) is 0 Å².